The van der Waals surface area contributed by atoms with E-state index in [1.54, 1.807) is 20.8 Å². The molecular weight excluding hydrogens is 568 g/mol. The zero-order valence-corrected chi connectivity index (χ0v) is 25.6. The predicted octanol–water partition coefficient (Wildman–Crippen LogP) is 6.82. The van der Waals surface area contributed by atoms with Gasteiger partial charge in [0.15, 0.2) is 0 Å². The number of carbonyl (C=O) groups excluding carboxylic acids is 1. The van der Waals surface area contributed by atoms with Crippen molar-refractivity contribution in [2.75, 3.05) is 18.6 Å². The number of piperidine rings is 1. The number of nitrogens with zero attached hydrogens (tertiary/aromatic N) is 5. The molecule has 3 aromatic rings. The SMILES string of the molecule is CN(c1ccc2c(n1)OCc1cc(-c3cnn(C4CCCCO4)c3)ccc1-2)C1CC2CC(F)(F)C(C1)N2C(=O)OC(C)(C)C. The number of aromatic nitrogens is 3. The van der Waals surface area contributed by atoms with E-state index in [1.165, 1.54) is 4.90 Å². The van der Waals surface area contributed by atoms with Gasteiger partial charge in [-0.15, -0.1) is 0 Å². The topological polar surface area (TPSA) is 82.0 Å². The maximum atomic E-state index is 15.1. The Kier molecular flexibility index (Phi) is 7.06. The Balaban J connectivity index is 1.08. The van der Waals surface area contributed by atoms with Crippen LogP contribution < -0.4 is 9.64 Å². The molecule has 6 heterocycles. The number of benzene rings is 1. The number of ether oxygens (including phenoxy) is 3. The minimum Gasteiger partial charge on any atom is -0.472 e. The maximum Gasteiger partial charge on any atom is 0.411 e. The summed E-state index contributed by atoms with van der Waals surface area (Å²) in [4.78, 5) is 20.9. The molecule has 0 N–H and O–H groups in total. The van der Waals surface area contributed by atoms with Crippen LogP contribution in [0.4, 0.5) is 19.4 Å². The molecule has 9 nitrogen and oxygen atoms in total. The first-order valence-electron chi connectivity index (χ1n) is 15.5. The second-order valence-electron chi connectivity index (χ2n) is 13.5. The number of rotatable bonds is 4. The van der Waals surface area contributed by atoms with Gasteiger partial charge in [-0.05, 0) is 87.8 Å². The third kappa shape index (κ3) is 5.29. The first-order valence-corrected chi connectivity index (χ1v) is 15.5. The third-order valence-electron chi connectivity index (χ3n) is 9.27. The van der Waals surface area contributed by atoms with Gasteiger partial charge < -0.3 is 19.1 Å². The van der Waals surface area contributed by atoms with Crippen molar-refractivity contribution in [1.29, 1.82) is 0 Å². The zero-order valence-electron chi connectivity index (χ0n) is 25.6. The van der Waals surface area contributed by atoms with Crippen LogP contribution in [0.15, 0.2) is 42.7 Å². The molecule has 2 aromatic heterocycles. The quantitative estimate of drug-likeness (QED) is 0.322. The van der Waals surface area contributed by atoms with E-state index < -0.39 is 29.7 Å². The Labute approximate surface area is 256 Å². The van der Waals surface area contributed by atoms with Gasteiger partial charge in [-0.1, -0.05) is 12.1 Å². The molecule has 44 heavy (non-hydrogen) atoms. The molecular formula is C33H39F2N5O4. The van der Waals surface area contributed by atoms with Gasteiger partial charge in [-0.25, -0.2) is 18.3 Å². The van der Waals surface area contributed by atoms with Gasteiger partial charge >= 0.3 is 6.09 Å². The van der Waals surface area contributed by atoms with Crippen LogP contribution in [0.2, 0.25) is 0 Å². The van der Waals surface area contributed by atoms with E-state index in [-0.39, 0.29) is 25.1 Å². The first-order chi connectivity index (χ1) is 21.0. The van der Waals surface area contributed by atoms with Gasteiger partial charge in [-0.3, -0.25) is 4.90 Å². The Morgan fingerprint density at radius 1 is 1.11 bits per heavy atom. The summed E-state index contributed by atoms with van der Waals surface area (Å²) in [7, 11) is 1.88. The molecule has 1 amide bonds. The van der Waals surface area contributed by atoms with Crippen molar-refractivity contribution >= 4 is 11.9 Å². The van der Waals surface area contributed by atoms with Crippen molar-refractivity contribution in [2.24, 2.45) is 0 Å². The number of carbonyl (C=O) groups is 1. The second kappa shape index (κ2) is 10.7. The third-order valence-corrected chi connectivity index (χ3v) is 9.27. The van der Waals surface area contributed by atoms with E-state index in [4.69, 9.17) is 19.2 Å². The molecule has 4 unspecified atom stereocenters. The molecule has 0 spiro atoms. The van der Waals surface area contributed by atoms with Gasteiger partial charge in [0.2, 0.25) is 5.88 Å². The molecule has 4 atom stereocenters. The fourth-order valence-corrected chi connectivity index (χ4v) is 7.07. The summed E-state index contributed by atoms with van der Waals surface area (Å²) in [5.74, 6) is -1.79. The van der Waals surface area contributed by atoms with E-state index in [1.807, 2.05) is 41.2 Å². The van der Waals surface area contributed by atoms with Gasteiger partial charge in [-0.2, -0.15) is 10.1 Å². The highest BCUT2D eigenvalue weighted by molar-refractivity contribution is 5.78. The van der Waals surface area contributed by atoms with Crippen molar-refractivity contribution in [1.82, 2.24) is 19.7 Å². The highest BCUT2D eigenvalue weighted by Gasteiger charge is 2.60. The second-order valence-corrected chi connectivity index (χ2v) is 13.5. The highest BCUT2D eigenvalue weighted by atomic mass is 19.3. The fraction of sp³-hybridized carbons (Fsp3) is 0.545. The van der Waals surface area contributed by atoms with Crippen LogP contribution in [-0.4, -0.2) is 69.1 Å². The molecule has 2 bridgehead atoms. The average molecular weight is 608 g/mol. The van der Waals surface area contributed by atoms with Crippen LogP contribution in [0.25, 0.3) is 22.3 Å². The van der Waals surface area contributed by atoms with Crippen molar-refractivity contribution in [2.45, 2.75) is 102 Å². The minimum absolute atomic E-state index is 0.00656. The van der Waals surface area contributed by atoms with Gasteiger partial charge in [0.25, 0.3) is 5.92 Å². The normalized spacial score (nSPS) is 25.5. The zero-order chi connectivity index (χ0) is 30.8. The van der Waals surface area contributed by atoms with Crippen LogP contribution in [0.1, 0.15) is 71.1 Å². The molecule has 3 fully saturated rings. The summed E-state index contributed by atoms with van der Waals surface area (Å²) in [5, 5.41) is 4.56. The van der Waals surface area contributed by atoms with Gasteiger partial charge in [0.05, 0.1) is 6.20 Å². The van der Waals surface area contributed by atoms with E-state index in [2.05, 4.69) is 23.3 Å². The van der Waals surface area contributed by atoms with Crippen LogP contribution in [0.5, 0.6) is 5.88 Å². The van der Waals surface area contributed by atoms with E-state index >= 15 is 8.78 Å². The summed E-state index contributed by atoms with van der Waals surface area (Å²) >= 11 is 0. The van der Waals surface area contributed by atoms with Crippen molar-refractivity contribution in [3.05, 3.63) is 48.3 Å². The lowest BCUT2D eigenvalue weighted by molar-refractivity contribution is -0.0492. The Hall–Kier alpha value is -3.73. The number of anilines is 1. The smallest absolute Gasteiger partial charge is 0.411 e. The number of amides is 1. The molecule has 3 saturated heterocycles. The number of halogens is 2. The molecule has 0 radical (unpaired) electrons. The number of fused-ring (bicyclic) bond motifs is 5. The van der Waals surface area contributed by atoms with Crippen LogP contribution >= 0.6 is 0 Å². The van der Waals surface area contributed by atoms with E-state index in [9.17, 15) is 4.79 Å². The molecule has 0 aliphatic carbocycles. The lowest BCUT2D eigenvalue weighted by atomic mass is 9.94. The largest absolute Gasteiger partial charge is 0.472 e. The monoisotopic (exact) mass is 607 g/mol. The Morgan fingerprint density at radius 3 is 2.68 bits per heavy atom. The predicted molar refractivity (Wildman–Crippen MR) is 161 cm³/mol. The van der Waals surface area contributed by atoms with E-state index in [0.29, 0.717) is 24.7 Å². The lowest BCUT2D eigenvalue weighted by Crippen LogP contribution is -2.55. The molecule has 1 aromatic carbocycles. The summed E-state index contributed by atoms with van der Waals surface area (Å²) in [6, 6.07) is 8.21. The number of alkyl halides is 2. The van der Waals surface area contributed by atoms with E-state index in [0.717, 1.165) is 53.7 Å². The van der Waals surface area contributed by atoms with Crippen LogP contribution in [0.3, 0.4) is 0 Å². The van der Waals surface area contributed by atoms with Crippen molar-refractivity contribution in [3.8, 4) is 28.1 Å². The van der Waals surface area contributed by atoms with Gasteiger partial charge in [0, 0.05) is 49.5 Å². The first kappa shape index (κ1) is 29.0. The van der Waals surface area contributed by atoms with Crippen LogP contribution in [-0.2, 0) is 16.1 Å². The molecule has 4 aliphatic rings. The molecule has 0 saturated carbocycles. The number of pyridine rings is 1. The summed E-state index contributed by atoms with van der Waals surface area (Å²) in [5.41, 5.74) is 4.36. The van der Waals surface area contributed by atoms with Crippen molar-refractivity contribution < 1.29 is 27.8 Å². The molecule has 234 valence electrons. The molecule has 11 heteroatoms. The standard InChI is InChI=1S/C33H39F2N5O4/c1-32(2,3)44-31(41)40-24-14-23(15-27(40)33(34,35)16-24)38(4)28-11-10-26-25-9-8-20(13-21(25)19-43-30(26)37-28)22-17-36-39(18-22)29-7-5-6-12-42-29/h8-11,13,17-18,23-24,27,29H,5-7,12,14-16,19H2,1-4H3. The summed E-state index contributed by atoms with van der Waals surface area (Å²) in [6.45, 7) is 6.38. The Morgan fingerprint density at radius 2 is 1.93 bits per heavy atom. The molecule has 4 aliphatic heterocycles. The summed E-state index contributed by atoms with van der Waals surface area (Å²) in [6.07, 6.45) is 6.65. The highest BCUT2D eigenvalue weighted by Crippen LogP contribution is 2.48. The minimum atomic E-state index is -2.96. The average Bonchev–Trinajstić information content (AvgIpc) is 3.55. The Bertz CT molecular complexity index is 1560. The van der Waals surface area contributed by atoms with Crippen molar-refractivity contribution in [3.63, 3.8) is 0 Å². The lowest BCUT2D eigenvalue weighted by Gasteiger charge is -2.42. The summed E-state index contributed by atoms with van der Waals surface area (Å²) < 4.78 is 49.5. The molecule has 7 rings (SSSR count). The van der Waals surface area contributed by atoms with Gasteiger partial charge in [0.1, 0.15) is 30.3 Å². The van der Waals surface area contributed by atoms with Crippen LogP contribution in [0, 0.1) is 0 Å². The maximum absolute atomic E-state index is 15.1. The number of hydrogen-bond donors (Lipinski definition) is 0. The number of hydrogen-bond acceptors (Lipinski definition) is 7. The fourth-order valence-electron chi connectivity index (χ4n) is 7.07.